The maximum absolute atomic E-state index is 4.64. The van der Waals surface area contributed by atoms with E-state index < -0.39 is 0 Å². The Balaban J connectivity index is 2.10. The minimum absolute atomic E-state index is 0.580. The second kappa shape index (κ2) is 7.02. The summed E-state index contributed by atoms with van der Waals surface area (Å²) in [6.45, 7) is 11.9. The van der Waals surface area contributed by atoms with Crippen molar-refractivity contribution in [2.24, 2.45) is 5.92 Å². The van der Waals surface area contributed by atoms with Gasteiger partial charge >= 0.3 is 0 Å². The van der Waals surface area contributed by atoms with Gasteiger partial charge in [-0.3, -0.25) is 0 Å². The standard InChI is InChI=1S/C16H28N4/c1-5-15-10-16(19-13(4)18-15)20-9-7-8-14(11-20)12(3)17-6-2/h10,12,14,17H,5-9,11H2,1-4H3. The van der Waals surface area contributed by atoms with Gasteiger partial charge in [-0.25, -0.2) is 9.97 Å². The number of aryl methyl sites for hydroxylation is 2. The van der Waals surface area contributed by atoms with Crippen molar-refractivity contribution < 1.29 is 0 Å². The van der Waals surface area contributed by atoms with Crippen molar-refractivity contribution in [1.82, 2.24) is 15.3 Å². The van der Waals surface area contributed by atoms with Crippen molar-refractivity contribution in [1.29, 1.82) is 0 Å². The van der Waals surface area contributed by atoms with Crippen LogP contribution < -0.4 is 10.2 Å². The Hall–Kier alpha value is -1.16. The highest BCUT2D eigenvalue weighted by molar-refractivity contribution is 5.40. The van der Waals surface area contributed by atoms with Crippen molar-refractivity contribution in [2.75, 3.05) is 24.5 Å². The van der Waals surface area contributed by atoms with E-state index in [0.717, 1.165) is 43.4 Å². The van der Waals surface area contributed by atoms with Crippen LogP contribution in [0.1, 0.15) is 45.1 Å². The number of anilines is 1. The quantitative estimate of drug-likeness (QED) is 0.897. The zero-order valence-electron chi connectivity index (χ0n) is 13.3. The summed E-state index contributed by atoms with van der Waals surface area (Å²) in [6, 6.07) is 2.74. The summed E-state index contributed by atoms with van der Waals surface area (Å²) in [7, 11) is 0. The van der Waals surface area contributed by atoms with E-state index in [1.54, 1.807) is 0 Å². The van der Waals surface area contributed by atoms with Crippen molar-refractivity contribution in [3.63, 3.8) is 0 Å². The van der Waals surface area contributed by atoms with Gasteiger partial charge in [0, 0.05) is 30.9 Å². The predicted molar refractivity (Wildman–Crippen MR) is 84.2 cm³/mol. The Labute approximate surface area is 123 Å². The molecule has 0 radical (unpaired) electrons. The smallest absolute Gasteiger partial charge is 0.132 e. The average molecular weight is 276 g/mol. The van der Waals surface area contributed by atoms with Crippen molar-refractivity contribution in [3.8, 4) is 0 Å². The molecule has 1 fully saturated rings. The number of aromatic nitrogens is 2. The van der Waals surface area contributed by atoms with E-state index in [2.05, 4.69) is 47.0 Å². The highest BCUT2D eigenvalue weighted by Gasteiger charge is 2.25. The first-order valence-corrected chi connectivity index (χ1v) is 7.97. The molecule has 2 atom stereocenters. The van der Waals surface area contributed by atoms with Crippen LogP contribution in [0.4, 0.5) is 5.82 Å². The molecule has 1 aliphatic heterocycles. The van der Waals surface area contributed by atoms with Gasteiger partial charge in [0.1, 0.15) is 11.6 Å². The van der Waals surface area contributed by atoms with Crippen LogP contribution in [0.15, 0.2) is 6.07 Å². The van der Waals surface area contributed by atoms with Crippen LogP contribution in [0.5, 0.6) is 0 Å². The number of hydrogen-bond acceptors (Lipinski definition) is 4. The van der Waals surface area contributed by atoms with Crippen LogP contribution in [0.25, 0.3) is 0 Å². The molecule has 4 nitrogen and oxygen atoms in total. The summed E-state index contributed by atoms with van der Waals surface area (Å²) < 4.78 is 0. The van der Waals surface area contributed by atoms with Crippen LogP contribution in [0, 0.1) is 12.8 Å². The minimum atomic E-state index is 0.580. The minimum Gasteiger partial charge on any atom is -0.356 e. The lowest BCUT2D eigenvalue weighted by Crippen LogP contribution is -2.44. The van der Waals surface area contributed by atoms with Crippen LogP contribution in [0.2, 0.25) is 0 Å². The number of rotatable bonds is 5. The lowest BCUT2D eigenvalue weighted by atomic mass is 9.91. The summed E-state index contributed by atoms with van der Waals surface area (Å²) in [4.78, 5) is 11.6. The third-order valence-electron chi connectivity index (χ3n) is 4.25. The van der Waals surface area contributed by atoms with Gasteiger partial charge < -0.3 is 10.2 Å². The molecule has 20 heavy (non-hydrogen) atoms. The molecule has 112 valence electrons. The number of nitrogens with one attached hydrogen (secondary N) is 1. The number of nitrogens with zero attached hydrogens (tertiary/aromatic N) is 3. The number of piperidine rings is 1. The Bertz CT molecular complexity index is 432. The predicted octanol–water partition coefficient (Wildman–Crippen LogP) is 2.56. The lowest BCUT2D eigenvalue weighted by Gasteiger charge is -2.37. The van der Waals surface area contributed by atoms with E-state index in [0.29, 0.717) is 12.0 Å². The molecule has 2 heterocycles. The van der Waals surface area contributed by atoms with Crippen molar-refractivity contribution in [2.45, 2.75) is 53.0 Å². The lowest BCUT2D eigenvalue weighted by molar-refractivity contribution is 0.323. The molecular formula is C16H28N4. The van der Waals surface area contributed by atoms with Gasteiger partial charge in [0.05, 0.1) is 0 Å². The van der Waals surface area contributed by atoms with E-state index in [-0.39, 0.29) is 0 Å². The molecule has 0 saturated carbocycles. The summed E-state index contributed by atoms with van der Waals surface area (Å²) in [5.41, 5.74) is 1.15. The zero-order chi connectivity index (χ0) is 14.5. The average Bonchev–Trinajstić information content (AvgIpc) is 2.47. The molecule has 4 heteroatoms. The van der Waals surface area contributed by atoms with E-state index in [4.69, 9.17) is 0 Å². The third kappa shape index (κ3) is 3.69. The van der Waals surface area contributed by atoms with Crippen molar-refractivity contribution in [3.05, 3.63) is 17.6 Å². The van der Waals surface area contributed by atoms with E-state index in [1.807, 2.05) is 6.92 Å². The molecule has 1 aromatic heterocycles. The molecule has 0 spiro atoms. The summed E-state index contributed by atoms with van der Waals surface area (Å²) in [5, 5.41) is 3.56. The first-order chi connectivity index (χ1) is 9.63. The fourth-order valence-corrected chi connectivity index (χ4v) is 3.07. The Morgan fingerprint density at radius 2 is 2.20 bits per heavy atom. The fraction of sp³-hybridized carbons (Fsp3) is 0.750. The largest absolute Gasteiger partial charge is 0.356 e. The first kappa shape index (κ1) is 15.2. The molecule has 1 N–H and O–H groups in total. The number of hydrogen-bond donors (Lipinski definition) is 1. The van der Waals surface area contributed by atoms with E-state index >= 15 is 0 Å². The summed E-state index contributed by atoms with van der Waals surface area (Å²) >= 11 is 0. The van der Waals surface area contributed by atoms with Gasteiger partial charge in [-0.05, 0) is 45.6 Å². The van der Waals surface area contributed by atoms with Crippen LogP contribution >= 0.6 is 0 Å². The maximum atomic E-state index is 4.64. The second-order valence-corrected chi connectivity index (χ2v) is 5.81. The molecule has 0 amide bonds. The second-order valence-electron chi connectivity index (χ2n) is 5.81. The van der Waals surface area contributed by atoms with Gasteiger partial charge in [-0.2, -0.15) is 0 Å². The Morgan fingerprint density at radius 3 is 2.90 bits per heavy atom. The molecule has 1 aliphatic rings. The monoisotopic (exact) mass is 276 g/mol. The SMILES string of the molecule is CCNC(C)C1CCCN(c2cc(CC)nc(C)n2)C1. The highest BCUT2D eigenvalue weighted by Crippen LogP contribution is 2.24. The Kier molecular flexibility index (Phi) is 5.35. The molecule has 1 aromatic rings. The van der Waals surface area contributed by atoms with Crippen LogP contribution in [-0.4, -0.2) is 35.6 Å². The fourth-order valence-electron chi connectivity index (χ4n) is 3.07. The van der Waals surface area contributed by atoms with Gasteiger partial charge in [-0.15, -0.1) is 0 Å². The normalized spacial score (nSPS) is 21.0. The van der Waals surface area contributed by atoms with Gasteiger partial charge in [-0.1, -0.05) is 13.8 Å². The molecule has 0 aliphatic carbocycles. The maximum Gasteiger partial charge on any atom is 0.132 e. The Morgan fingerprint density at radius 1 is 1.40 bits per heavy atom. The third-order valence-corrected chi connectivity index (χ3v) is 4.25. The molecule has 2 unspecified atom stereocenters. The summed E-state index contributed by atoms with van der Waals surface area (Å²) in [5.74, 6) is 2.72. The van der Waals surface area contributed by atoms with Crippen LogP contribution in [0.3, 0.4) is 0 Å². The van der Waals surface area contributed by atoms with E-state index in [1.165, 1.54) is 12.8 Å². The van der Waals surface area contributed by atoms with Crippen LogP contribution in [-0.2, 0) is 6.42 Å². The van der Waals surface area contributed by atoms with Gasteiger partial charge in [0.15, 0.2) is 0 Å². The van der Waals surface area contributed by atoms with Gasteiger partial charge in [0.2, 0.25) is 0 Å². The molecule has 1 saturated heterocycles. The van der Waals surface area contributed by atoms with E-state index in [9.17, 15) is 0 Å². The summed E-state index contributed by atoms with van der Waals surface area (Å²) in [6.07, 6.45) is 3.54. The molecular weight excluding hydrogens is 248 g/mol. The van der Waals surface area contributed by atoms with Crippen molar-refractivity contribution >= 4 is 5.82 Å². The first-order valence-electron chi connectivity index (χ1n) is 7.97. The zero-order valence-corrected chi connectivity index (χ0v) is 13.3. The molecule has 0 bridgehead atoms. The van der Waals surface area contributed by atoms with Gasteiger partial charge in [0.25, 0.3) is 0 Å². The topological polar surface area (TPSA) is 41.0 Å². The highest BCUT2D eigenvalue weighted by atomic mass is 15.2. The molecule has 0 aromatic carbocycles. The molecule has 2 rings (SSSR count).